The van der Waals surface area contributed by atoms with Crippen molar-refractivity contribution in [2.75, 3.05) is 13.2 Å². The number of fused-ring (bicyclic) bond motifs is 4. The Morgan fingerprint density at radius 1 is 0.783 bits per heavy atom. The highest BCUT2D eigenvalue weighted by Gasteiger charge is 2.44. The maximum atomic E-state index is 13.1. The van der Waals surface area contributed by atoms with Gasteiger partial charge in [-0.15, -0.1) is 0 Å². The summed E-state index contributed by atoms with van der Waals surface area (Å²) >= 11 is 0. The molecule has 2 aliphatic heterocycles. The van der Waals surface area contributed by atoms with Gasteiger partial charge in [0, 0.05) is 72.8 Å². The zero-order valence-corrected chi connectivity index (χ0v) is 33.1. The normalized spacial score (nSPS) is 18.8. The van der Waals surface area contributed by atoms with Gasteiger partial charge >= 0.3 is 0 Å². The van der Waals surface area contributed by atoms with Crippen LogP contribution >= 0.6 is 0 Å². The summed E-state index contributed by atoms with van der Waals surface area (Å²) in [7, 11) is 2.07. The number of ether oxygens (including phenoxy) is 4. The number of carbonyl (C=O) groups is 4. The predicted octanol–water partition coefficient (Wildman–Crippen LogP) is 5.80. The van der Waals surface area contributed by atoms with Gasteiger partial charge in [-0.3, -0.25) is 34.4 Å². The predicted molar refractivity (Wildman–Crippen MR) is 219 cm³/mol. The van der Waals surface area contributed by atoms with Gasteiger partial charge < -0.3 is 23.5 Å². The van der Waals surface area contributed by atoms with Crippen molar-refractivity contribution in [2.24, 2.45) is 7.05 Å². The highest BCUT2D eigenvalue weighted by Crippen LogP contribution is 2.34. The molecule has 1 aliphatic carbocycles. The molecule has 6 heterocycles. The average molecular weight is 805 g/mol. The number of aromatic nitrogens is 4. The van der Waals surface area contributed by atoms with Gasteiger partial charge in [-0.05, 0) is 80.3 Å². The van der Waals surface area contributed by atoms with Crippen LogP contribution in [0.3, 0.4) is 0 Å². The molecule has 4 aromatic heterocycles. The molecule has 0 bridgehead atoms. The van der Waals surface area contributed by atoms with Crippen LogP contribution in [0, 0.1) is 11.8 Å². The lowest BCUT2D eigenvalue weighted by molar-refractivity contribution is -0.136. The molecule has 6 aromatic rings. The average Bonchev–Trinajstić information content (AvgIpc) is 3.66. The molecule has 3 aliphatic rings. The van der Waals surface area contributed by atoms with E-state index in [4.69, 9.17) is 18.9 Å². The molecule has 1 saturated heterocycles. The van der Waals surface area contributed by atoms with Gasteiger partial charge in [0.05, 0.1) is 29.4 Å². The van der Waals surface area contributed by atoms with Crippen molar-refractivity contribution < 1.29 is 38.1 Å². The van der Waals surface area contributed by atoms with Crippen molar-refractivity contribution in [3.8, 4) is 40.3 Å². The fourth-order valence-electron chi connectivity index (χ4n) is 7.70. The highest BCUT2D eigenvalue weighted by molar-refractivity contribution is 6.23. The van der Waals surface area contributed by atoms with E-state index in [1.165, 1.54) is 17.5 Å². The molecule has 302 valence electrons. The van der Waals surface area contributed by atoms with E-state index in [0.29, 0.717) is 23.1 Å². The van der Waals surface area contributed by atoms with Crippen LogP contribution < -0.4 is 19.5 Å². The smallest absolute Gasteiger partial charge is 0.262 e. The Balaban J connectivity index is 0.709. The van der Waals surface area contributed by atoms with Crippen molar-refractivity contribution >= 4 is 45.4 Å². The molecule has 4 amide bonds. The molecule has 0 radical (unpaired) electrons. The second-order valence-corrected chi connectivity index (χ2v) is 15.5. The van der Waals surface area contributed by atoms with Crippen LogP contribution in [0.15, 0.2) is 91.5 Å². The number of piperidine rings is 1. The van der Waals surface area contributed by atoms with Crippen LogP contribution in [0.1, 0.15) is 65.9 Å². The number of rotatable bonds is 11. The van der Waals surface area contributed by atoms with Gasteiger partial charge in [0.2, 0.25) is 17.7 Å². The number of hydrogen-bond donors (Lipinski definition) is 1. The Morgan fingerprint density at radius 2 is 1.58 bits per heavy atom. The minimum Gasteiger partial charge on any atom is -0.491 e. The van der Waals surface area contributed by atoms with E-state index in [-0.39, 0.29) is 49.4 Å². The number of nitrogens with zero attached hydrogens (tertiary/aromatic N) is 5. The quantitative estimate of drug-likeness (QED) is 0.0957. The van der Waals surface area contributed by atoms with Crippen LogP contribution in [-0.4, -0.2) is 85.1 Å². The number of carbonyl (C=O) groups excluding carboxylic acids is 4. The number of benzene rings is 2. The Bertz CT molecular complexity index is 2750. The molecule has 9 rings (SSSR count). The second kappa shape index (κ2) is 15.6. The zero-order valence-electron chi connectivity index (χ0n) is 33.1. The summed E-state index contributed by atoms with van der Waals surface area (Å²) < 4.78 is 26.2. The van der Waals surface area contributed by atoms with Gasteiger partial charge in [0.25, 0.3) is 11.8 Å². The number of hydrogen-bond acceptors (Lipinski definition) is 11. The van der Waals surface area contributed by atoms with Gasteiger partial charge in [0.1, 0.15) is 47.7 Å². The highest BCUT2D eigenvalue weighted by atomic mass is 16.5. The summed E-state index contributed by atoms with van der Waals surface area (Å²) in [5.74, 6) is 5.51. The molecule has 2 fully saturated rings. The van der Waals surface area contributed by atoms with Gasteiger partial charge in [-0.1, -0.05) is 18.1 Å². The molecule has 1 atom stereocenters. The molecule has 60 heavy (non-hydrogen) atoms. The van der Waals surface area contributed by atoms with Crippen molar-refractivity contribution in [3.05, 3.63) is 108 Å². The van der Waals surface area contributed by atoms with Crippen LogP contribution in [0.4, 0.5) is 0 Å². The van der Waals surface area contributed by atoms with Crippen LogP contribution in [0.5, 0.6) is 17.4 Å². The Kier molecular flexibility index (Phi) is 9.97. The van der Waals surface area contributed by atoms with E-state index < -0.39 is 35.3 Å². The van der Waals surface area contributed by atoms with Crippen molar-refractivity contribution in [2.45, 2.75) is 63.4 Å². The second-order valence-electron chi connectivity index (χ2n) is 15.5. The summed E-state index contributed by atoms with van der Waals surface area (Å²) in [4.78, 5) is 64.2. The van der Waals surface area contributed by atoms with Crippen molar-refractivity contribution in [1.29, 1.82) is 0 Å². The first-order valence-electron chi connectivity index (χ1n) is 19.7. The van der Waals surface area contributed by atoms with E-state index >= 15 is 0 Å². The maximum absolute atomic E-state index is 13.1. The van der Waals surface area contributed by atoms with Crippen molar-refractivity contribution in [3.63, 3.8) is 0 Å². The molecule has 1 N–H and O–H groups in total. The number of imide groups is 2. The standard InChI is InChI=1S/C46H40N6O8/c1-46(2,58-19-18-57-30-8-10-35-36(23-30)45(56)52(44(35)55)39-11-12-41(53)50-43(39)54)16-14-29-6-7-31(25-48-29)59-32-21-33(22-32)60-42-13-5-28(24-49-42)27-4-9-34-37-26-47-17-15-38(37)51(3)40(34)20-27/h4-10,13,15,17,20,23-26,32-33,39H,11-12,18-19,21-22H2,1-3H3,(H,50,53,54)/t32-,33-,39?. The van der Waals surface area contributed by atoms with E-state index in [1.54, 1.807) is 18.3 Å². The van der Waals surface area contributed by atoms with Crippen LogP contribution in [-0.2, 0) is 21.4 Å². The number of nitrogens with one attached hydrogen (secondary N) is 1. The molecule has 1 unspecified atom stereocenters. The molecule has 0 spiro atoms. The summed E-state index contributed by atoms with van der Waals surface area (Å²) in [5, 5.41) is 4.50. The van der Waals surface area contributed by atoms with E-state index in [9.17, 15) is 19.2 Å². The van der Waals surface area contributed by atoms with Crippen LogP contribution in [0.2, 0.25) is 0 Å². The third-order valence-electron chi connectivity index (χ3n) is 11.0. The summed E-state index contributed by atoms with van der Waals surface area (Å²) in [6.07, 6.45) is 8.87. The van der Waals surface area contributed by atoms with E-state index in [1.807, 2.05) is 56.7 Å². The molecule has 2 aromatic carbocycles. The van der Waals surface area contributed by atoms with Gasteiger partial charge in [-0.2, -0.15) is 0 Å². The number of aryl methyl sites for hydroxylation is 1. The first-order valence-corrected chi connectivity index (χ1v) is 19.7. The Morgan fingerprint density at radius 3 is 2.37 bits per heavy atom. The molecular weight excluding hydrogens is 765 g/mol. The lowest BCUT2D eigenvalue weighted by Crippen LogP contribution is -2.54. The minimum absolute atomic E-state index is 0.0117. The number of amides is 4. The topological polar surface area (TPSA) is 164 Å². The zero-order chi connectivity index (χ0) is 41.5. The monoisotopic (exact) mass is 804 g/mol. The third-order valence-corrected chi connectivity index (χ3v) is 11.0. The van der Waals surface area contributed by atoms with Crippen molar-refractivity contribution in [1.82, 2.24) is 29.7 Å². The van der Waals surface area contributed by atoms with E-state index in [0.717, 1.165) is 45.3 Å². The first kappa shape index (κ1) is 38.4. The molecule has 14 heteroatoms. The maximum Gasteiger partial charge on any atom is 0.262 e. The SMILES string of the molecule is Cn1c2ccncc2c2ccc(-c3ccc(O[C@H]4C[C@H](Oc5ccc(C#CC(C)(C)OCCOc6ccc7c(c6)C(=O)N(C6CCC(=O)NC6=O)C7=O)nc5)C4)nc3)cc21. The lowest BCUT2D eigenvalue weighted by Gasteiger charge is -2.34. The molecule has 1 saturated carbocycles. The largest absolute Gasteiger partial charge is 0.491 e. The van der Waals surface area contributed by atoms with Gasteiger partial charge in [0.15, 0.2) is 0 Å². The fourth-order valence-corrected chi connectivity index (χ4v) is 7.70. The Hall–Kier alpha value is -7.11. The Labute approximate surface area is 344 Å². The van der Waals surface area contributed by atoms with Crippen LogP contribution in [0.25, 0.3) is 32.9 Å². The summed E-state index contributed by atoms with van der Waals surface area (Å²) in [5.41, 5.74) is 4.47. The van der Waals surface area contributed by atoms with E-state index in [2.05, 4.69) is 61.9 Å². The summed E-state index contributed by atoms with van der Waals surface area (Å²) in [6.45, 7) is 4.03. The minimum atomic E-state index is -1.03. The molecular formula is C46H40N6O8. The number of pyridine rings is 3. The molecule has 14 nitrogen and oxygen atoms in total. The third kappa shape index (κ3) is 7.62. The van der Waals surface area contributed by atoms with Gasteiger partial charge in [-0.25, -0.2) is 9.97 Å². The first-order chi connectivity index (χ1) is 29.0. The fraction of sp³-hybridized carbons (Fsp3) is 0.283. The summed E-state index contributed by atoms with van der Waals surface area (Å²) in [6, 6.07) is 19.6. The lowest BCUT2D eigenvalue weighted by atomic mass is 9.92.